The highest BCUT2D eigenvalue weighted by molar-refractivity contribution is 5.85. The number of aromatic nitrogens is 1. The number of ether oxygens (including phenoxy) is 1. The Kier molecular flexibility index (Phi) is 7.18. The second-order valence-electron chi connectivity index (χ2n) is 9.13. The number of carbonyl (C=O) groups excluding carboxylic acids is 1. The Balaban J connectivity index is 1.27. The summed E-state index contributed by atoms with van der Waals surface area (Å²) >= 11 is 0. The minimum absolute atomic E-state index is 0.0383. The van der Waals surface area contributed by atoms with E-state index in [-0.39, 0.29) is 5.91 Å². The van der Waals surface area contributed by atoms with Crippen molar-refractivity contribution in [3.05, 3.63) is 30.1 Å². The van der Waals surface area contributed by atoms with Crippen molar-refractivity contribution in [2.45, 2.75) is 25.4 Å². The van der Waals surface area contributed by atoms with Crippen LogP contribution in [0, 0.1) is 16.7 Å². The van der Waals surface area contributed by atoms with Crippen LogP contribution in [-0.2, 0) is 16.1 Å². The van der Waals surface area contributed by atoms with Crippen molar-refractivity contribution < 1.29 is 9.53 Å². The number of amides is 1. The lowest BCUT2D eigenvalue weighted by Gasteiger charge is -2.43. The van der Waals surface area contributed by atoms with Gasteiger partial charge in [-0.15, -0.1) is 0 Å². The molecule has 0 aromatic carbocycles. The fourth-order valence-electron chi connectivity index (χ4n) is 4.88. The van der Waals surface area contributed by atoms with E-state index in [1.807, 2.05) is 17.0 Å². The molecule has 0 N–H and O–H groups in total. The lowest BCUT2D eigenvalue weighted by molar-refractivity contribution is -0.143. The molecule has 0 spiro atoms. The lowest BCUT2D eigenvalue weighted by atomic mass is 9.78. The van der Waals surface area contributed by atoms with Gasteiger partial charge in [-0.1, -0.05) is 0 Å². The topological polar surface area (TPSA) is 75.9 Å². The van der Waals surface area contributed by atoms with Gasteiger partial charge in [-0.2, -0.15) is 5.26 Å². The first-order valence-electron chi connectivity index (χ1n) is 11.4. The Morgan fingerprint density at radius 2 is 1.84 bits per heavy atom. The molecule has 1 aromatic heterocycles. The van der Waals surface area contributed by atoms with Crippen LogP contribution in [-0.4, -0.2) is 109 Å². The van der Waals surface area contributed by atoms with Crippen LogP contribution >= 0.6 is 0 Å². The first-order chi connectivity index (χ1) is 15.1. The number of hydrogen-bond donors (Lipinski definition) is 0. The Morgan fingerprint density at radius 3 is 2.48 bits per heavy atom. The average Bonchev–Trinajstić information content (AvgIpc) is 2.82. The van der Waals surface area contributed by atoms with Gasteiger partial charge in [0, 0.05) is 77.3 Å². The van der Waals surface area contributed by atoms with Crippen molar-refractivity contribution in [2.24, 2.45) is 5.41 Å². The monoisotopic (exact) mass is 426 g/mol. The van der Waals surface area contributed by atoms with Crippen LogP contribution in [0.25, 0.3) is 0 Å². The molecule has 31 heavy (non-hydrogen) atoms. The Labute approximate surface area is 185 Å². The summed E-state index contributed by atoms with van der Waals surface area (Å²) in [6.07, 6.45) is 4.83. The number of likely N-dealkylation sites (tertiary alicyclic amines) is 1. The van der Waals surface area contributed by atoms with Gasteiger partial charge in [-0.3, -0.25) is 24.5 Å². The van der Waals surface area contributed by atoms with Gasteiger partial charge in [0.1, 0.15) is 5.41 Å². The summed E-state index contributed by atoms with van der Waals surface area (Å²) in [4.78, 5) is 26.5. The molecule has 1 unspecified atom stereocenters. The third-order valence-electron chi connectivity index (χ3n) is 7.14. The summed E-state index contributed by atoms with van der Waals surface area (Å²) in [5.74, 6) is 0.0383. The van der Waals surface area contributed by atoms with E-state index in [1.165, 1.54) is 5.56 Å². The van der Waals surface area contributed by atoms with Gasteiger partial charge in [-0.25, -0.2) is 0 Å². The highest BCUT2D eigenvalue weighted by Gasteiger charge is 2.44. The molecule has 1 atom stereocenters. The second-order valence-corrected chi connectivity index (χ2v) is 9.13. The lowest BCUT2D eigenvalue weighted by Crippen LogP contribution is -2.57. The van der Waals surface area contributed by atoms with Gasteiger partial charge in [0.05, 0.1) is 19.3 Å². The molecule has 3 saturated heterocycles. The van der Waals surface area contributed by atoms with E-state index in [1.54, 1.807) is 12.4 Å². The maximum Gasteiger partial charge on any atom is 0.243 e. The molecule has 8 heteroatoms. The predicted octanol–water partition coefficient (Wildman–Crippen LogP) is 0.662. The third kappa shape index (κ3) is 5.24. The Hall–Kier alpha value is -2.05. The fourth-order valence-corrected chi connectivity index (χ4v) is 4.88. The van der Waals surface area contributed by atoms with Crippen molar-refractivity contribution in [3.8, 4) is 6.07 Å². The largest absolute Gasteiger partial charge is 0.378 e. The maximum absolute atomic E-state index is 13.3. The van der Waals surface area contributed by atoms with Gasteiger partial charge in [0.2, 0.25) is 5.91 Å². The van der Waals surface area contributed by atoms with Crippen LogP contribution in [0.15, 0.2) is 24.5 Å². The van der Waals surface area contributed by atoms with Gasteiger partial charge < -0.3 is 9.64 Å². The summed E-state index contributed by atoms with van der Waals surface area (Å²) in [7, 11) is 2.16. The molecule has 8 nitrogen and oxygen atoms in total. The Morgan fingerprint density at radius 1 is 1.13 bits per heavy atom. The van der Waals surface area contributed by atoms with Crippen molar-refractivity contribution in [1.29, 1.82) is 5.26 Å². The molecule has 3 aliphatic heterocycles. The van der Waals surface area contributed by atoms with Crippen LogP contribution in [0.3, 0.4) is 0 Å². The van der Waals surface area contributed by atoms with Gasteiger partial charge in [0.15, 0.2) is 0 Å². The number of rotatable bonds is 5. The van der Waals surface area contributed by atoms with E-state index in [9.17, 15) is 10.1 Å². The van der Waals surface area contributed by atoms with Crippen molar-refractivity contribution in [3.63, 3.8) is 0 Å². The number of pyridine rings is 1. The van der Waals surface area contributed by atoms with E-state index >= 15 is 0 Å². The molecule has 3 aliphatic rings. The van der Waals surface area contributed by atoms with E-state index in [0.29, 0.717) is 32.0 Å². The van der Waals surface area contributed by atoms with Crippen LogP contribution < -0.4 is 0 Å². The molecule has 4 heterocycles. The first-order valence-corrected chi connectivity index (χ1v) is 11.4. The zero-order chi connectivity index (χ0) is 21.7. The van der Waals surface area contributed by atoms with Crippen molar-refractivity contribution >= 4 is 5.91 Å². The molecule has 168 valence electrons. The number of piperidine rings is 1. The van der Waals surface area contributed by atoms with Gasteiger partial charge in [0.25, 0.3) is 0 Å². The minimum Gasteiger partial charge on any atom is -0.378 e. The summed E-state index contributed by atoms with van der Waals surface area (Å²) in [6, 6.07) is 6.88. The number of carbonyl (C=O) groups is 1. The second kappa shape index (κ2) is 10.0. The molecule has 1 aromatic rings. The molecule has 4 rings (SSSR count). The molecular weight excluding hydrogens is 392 g/mol. The molecule has 0 bridgehead atoms. The zero-order valence-corrected chi connectivity index (χ0v) is 18.6. The van der Waals surface area contributed by atoms with E-state index < -0.39 is 5.41 Å². The summed E-state index contributed by atoms with van der Waals surface area (Å²) in [5.41, 5.74) is 0.352. The maximum atomic E-state index is 13.3. The summed E-state index contributed by atoms with van der Waals surface area (Å²) in [5, 5.41) is 9.96. The van der Waals surface area contributed by atoms with Gasteiger partial charge in [-0.05, 0) is 37.6 Å². The van der Waals surface area contributed by atoms with Crippen LogP contribution in [0.1, 0.15) is 18.4 Å². The molecule has 3 fully saturated rings. The smallest absolute Gasteiger partial charge is 0.243 e. The first kappa shape index (κ1) is 22.2. The quantitative estimate of drug-likeness (QED) is 0.685. The number of likely N-dealkylation sites (N-methyl/N-ethyl adjacent to an activating group) is 1. The number of hydrogen-bond acceptors (Lipinski definition) is 7. The number of nitriles is 1. The molecular formula is C23H34N6O2. The van der Waals surface area contributed by atoms with Gasteiger partial charge >= 0.3 is 0 Å². The average molecular weight is 427 g/mol. The molecule has 0 radical (unpaired) electrons. The fraction of sp³-hybridized carbons (Fsp3) is 0.696. The minimum atomic E-state index is -0.867. The van der Waals surface area contributed by atoms with Crippen LogP contribution in [0.2, 0.25) is 0 Å². The predicted molar refractivity (Wildman–Crippen MR) is 117 cm³/mol. The highest BCUT2D eigenvalue weighted by Crippen LogP contribution is 2.34. The van der Waals surface area contributed by atoms with E-state index in [2.05, 4.69) is 32.8 Å². The SMILES string of the molecule is CN1CCOCC1CN1CCN(C(=O)C2(C#N)CCN(Cc3ccncc3)CC2)CC1. The molecule has 0 saturated carbocycles. The standard InChI is InChI=1S/C23H34N6O2/c1-26-14-15-31-18-21(26)17-28-10-12-29(13-11-28)22(30)23(19-24)4-8-27(9-5-23)16-20-2-6-25-7-3-20/h2-3,6-7,21H,4-5,8-18H2,1H3. The normalized spacial score (nSPS) is 25.8. The molecule has 0 aliphatic carbocycles. The summed E-state index contributed by atoms with van der Waals surface area (Å²) < 4.78 is 5.63. The van der Waals surface area contributed by atoms with Crippen LogP contribution in [0.4, 0.5) is 0 Å². The van der Waals surface area contributed by atoms with Crippen molar-refractivity contribution in [2.75, 3.05) is 72.6 Å². The Bertz CT molecular complexity index is 766. The number of piperazine rings is 1. The zero-order valence-electron chi connectivity index (χ0n) is 18.6. The number of morpholine rings is 1. The van der Waals surface area contributed by atoms with Crippen molar-refractivity contribution in [1.82, 2.24) is 24.6 Å². The van der Waals surface area contributed by atoms with E-state index in [4.69, 9.17) is 4.74 Å². The number of nitrogens with zero attached hydrogens (tertiary/aromatic N) is 6. The molecule has 1 amide bonds. The summed E-state index contributed by atoms with van der Waals surface area (Å²) in [6.45, 7) is 9.09. The third-order valence-corrected chi connectivity index (χ3v) is 7.14. The highest BCUT2D eigenvalue weighted by atomic mass is 16.5. The van der Waals surface area contributed by atoms with Crippen LogP contribution in [0.5, 0.6) is 0 Å². The van der Waals surface area contributed by atoms with E-state index in [0.717, 1.165) is 59.0 Å².